The van der Waals surface area contributed by atoms with Gasteiger partial charge in [-0.1, -0.05) is 37.5 Å². The molecule has 1 atom stereocenters. The Hall–Kier alpha value is -2.27. The van der Waals surface area contributed by atoms with E-state index in [2.05, 4.69) is 15.3 Å². The lowest BCUT2D eigenvalue weighted by Gasteiger charge is -2.32. The molecule has 2 aromatic rings. The Bertz CT molecular complexity index is 721. The minimum absolute atomic E-state index is 0.0864. The van der Waals surface area contributed by atoms with Crippen LogP contribution in [0.4, 0.5) is 5.69 Å². The summed E-state index contributed by atoms with van der Waals surface area (Å²) in [6, 6.07) is 9.72. The van der Waals surface area contributed by atoms with Crippen molar-refractivity contribution in [1.82, 2.24) is 15.3 Å². The van der Waals surface area contributed by atoms with Crippen LogP contribution in [0.5, 0.6) is 0 Å². The number of amides is 1. The molecule has 0 bridgehead atoms. The topological polar surface area (TPSA) is 58.1 Å². The van der Waals surface area contributed by atoms with Gasteiger partial charge in [0.2, 0.25) is 5.91 Å². The van der Waals surface area contributed by atoms with E-state index in [1.165, 1.54) is 37.7 Å². The van der Waals surface area contributed by atoms with Crippen molar-refractivity contribution < 1.29 is 4.79 Å². The predicted octanol–water partition coefficient (Wildman–Crippen LogP) is 3.42. The van der Waals surface area contributed by atoms with Gasteiger partial charge in [-0.25, -0.2) is 9.97 Å². The third kappa shape index (κ3) is 3.78. The molecule has 1 aliphatic heterocycles. The lowest BCUT2D eigenvalue weighted by molar-refractivity contribution is -0.122. The minimum atomic E-state index is -0.0864. The Labute approximate surface area is 154 Å². The van der Waals surface area contributed by atoms with Gasteiger partial charge in [-0.15, -0.1) is 0 Å². The quantitative estimate of drug-likeness (QED) is 0.898. The number of nitrogens with zero attached hydrogens (tertiary/aromatic N) is 3. The summed E-state index contributed by atoms with van der Waals surface area (Å²) in [6.07, 6.45) is 11.3. The molecule has 1 N–H and O–H groups in total. The molecule has 0 radical (unpaired) electrons. The summed E-state index contributed by atoms with van der Waals surface area (Å²) in [5.41, 5.74) is 2.14. The first-order valence-electron chi connectivity index (χ1n) is 9.72. The van der Waals surface area contributed by atoms with Crippen molar-refractivity contribution in [2.45, 2.75) is 57.0 Å². The summed E-state index contributed by atoms with van der Waals surface area (Å²) in [7, 11) is 0. The van der Waals surface area contributed by atoms with Crippen molar-refractivity contribution in [3.63, 3.8) is 0 Å². The fourth-order valence-corrected chi connectivity index (χ4v) is 3.83. The summed E-state index contributed by atoms with van der Waals surface area (Å²) in [6.45, 7) is 1.32. The van der Waals surface area contributed by atoms with E-state index in [0.717, 1.165) is 18.7 Å². The van der Waals surface area contributed by atoms with Gasteiger partial charge in [-0.3, -0.25) is 4.79 Å². The van der Waals surface area contributed by atoms with Crippen molar-refractivity contribution in [2.24, 2.45) is 0 Å². The maximum Gasteiger partial charge on any atom is 0.244 e. The first kappa shape index (κ1) is 17.2. The van der Waals surface area contributed by atoms with Crippen LogP contribution in [0.2, 0.25) is 0 Å². The second kappa shape index (κ2) is 7.96. The third-order valence-corrected chi connectivity index (χ3v) is 5.56. The Kier molecular flexibility index (Phi) is 5.25. The van der Waals surface area contributed by atoms with Gasteiger partial charge in [0, 0.05) is 18.1 Å². The van der Waals surface area contributed by atoms with Crippen molar-refractivity contribution in [3.05, 3.63) is 54.1 Å². The third-order valence-electron chi connectivity index (χ3n) is 5.56. The number of nitrogens with one attached hydrogen (secondary N) is 1. The highest BCUT2D eigenvalue weighted by molar-refractivity contribution is 5.97. The smallest absolute Gasteiger partial charge is 0.244 e. The van der Waals surface area contributed by atoms with Gasteiger partial charge >= 0.3 is 0 Å². The lowest BCUT2D eigenvalue weighted by atomic mass is 9.85. The molecule has 5 nitrogen and oxygen atoms in total. The minimum Gasteiger partial charge on any atom is -0.306 e. The van der Waals surface area contributed by atoms with Crippen molar-refractivity contribution in [2.75, 3.05) is 11.4 Å². The van der Waals surface area contributed by atoms with E-state index in [4.69, 9.17) is 0 Å². The van der Waals surface area contributed by atoms with Crippen LogP contribution in [-0.2, 0) is 11.3 Å². The fraction of sp³-hybridized carbons (Fsp3) is 0.476. The lowest BCUT2D eigenvalue weighted by Crippen LogP contribution is -2.54. The molecule has 1 amide bonds. The van der Waals surface area contributed by atoms with Gasteiger partial charge in [0.25, 0.3) is 0 Å². The van der Waals surface area contributed by atoms with E-state index in [1.54, 1.807) is 4.90 Å². The van der Waals surface area contributed by atoms with Crippen LogP contribution in [0.15, 0.2) is 42.7 Å². The van der Waals surface area contributed by atoms with Gasteiger partial charge in [-0.05, 0) is 49.4 Å². The first-order valence-corrected chi connectivity index (χ1v) is 9.72. The van der Waals surface area contributed by atoms with E-state index in [1.807, 2.05) is 42.7 Å². The molecule has 1 aromatic carbocycles. The standard InChI is InChI=1S/C21H26N4O/c26-21(19-11-12-22-19)25(18-9-5-2-6-10-18)15-20-23-13-17(14-24-20)16-7-3-1-4-8-16/h2,5-6,9-10,13-14,16,19,22H,1,3-4,7-8,11-12,15H2. The Morgan fingerprint density at radius 1 is 1.04 bits per heavy atom. The van der Waals surface area contributed by atoms with Gasteiger partial charge in [0.15, 0.2) is 0 Å². The second-order valence-corrected chi connectivity index (χ2v) is 7.32. The van der Waals surface area contributed by atoms with Gasteiger partial charge < -0.3 is 10.2 Å². The van der Waals surface area contributed by atoms with Crippen LogP contribution < -0.4 is 10.2 Å². The van der Waals surface area contributed by atoms with Crippen molar-refractivity contribution in [3.8, 4) is 0 Å². The molecule has 2 heterocycles. The SMILES string of the molecule is O=C(C1CCN1)N(Cc1ncc(C2CCCCC2)cn1)c1ccccc1. The monoisotopic (exact) mass is 350 g/mol. The van der Waals surface area contributed by atoms with E-state index in [-0.39, 0.29) is 11.9 Å². The van der Waals surface area contributed by atoms with Crippen molar-refractivity contribution in [1.29, 1.82) is 0 Å². The Balaban J connectivity index is 1.50. The normalized spacial score (nSPS) is 20.4. The molecular weight excluding hydrogens is 324 g/mol. The fourth-order valence-electron chi connectivity index (χ4n) is 3.83. The highest BCUT2D eigenvalue weighted by atomic mass is 16.2. The summed E-state index contributed by atoms with van der Waals surface area (Å²) in [5, 5.41) is 3.20. The number of hydrogen-bond acceptors (Lipinski definition) is 4. The maximum absolute atomic E-state index is 12.9. The molecule has 4 rings (SSSR count). The predicted molar refractivity (Wildman–Crippen MR) is 102 cm³/mol. The molecule has 2 fully saturated rings. The van der Waals surface area contributed by atoms with E-state index in [9.17, 15) is 4.79 Å². The summed E-state index contributed by atoms with van der Waals surface area (Å²) < 4.78 is 0. The molecule has 1 saturated carbocycles. The molecule has 0 spiro atoms. The van der Waals surface area contributed by atoms with Crippen LogP contribution >= 0.6 is 0 Å². The van der Waals surface area contributed by atoms with Crippen LogP contribution in [0, 0.1) is 0 Å². The van der Waals surface area contributed by atoms with Crippen LogP contribution in [0.1, 0.15) is 55.8 Å². The number of benzene rings is 1. The molecule has 5 heteroatoms. The molecular formula is C21H26N4O. The number of rotatable bonds is 5. The number of carbonyl (C=O) groups excluding carboxylic acids is 1. The molecule has 1 saturated heterocycles. The maximum atomic E-state index is 12.9. The molecule has 1 unspecified atom stereocenters. The molecule has 26 heavy (non-hydrogen) atoms. The summed E-state index contributed by atoms with van der Waals surface area (Å²) in [5.74, 6) is 1.40. The van der Waals surface area contributed by atoms with Crippen molar-refractivity contribution >= 4 is 11.6 Å². The van der Waals surface area contributed by atoms with E-state index >= 15 is 0 Å². The number of anilines is 1. The van der Waals surface area contributed by atoms with Crippen LogP contribution in [-0.4, -0.2) is 28.5 Å². The number of hydrogen-bond donors (Lipinski definition) is 1. The molecule has 1 aliphatic carbocycles. The zero-order valence-electron chi connectivity index (χ0n) is 15.1. The summed E-state index contributed by atoms with van der Waals surface area (Å²) in [4.78, 5) is 23.8. The zero-order chi connectivity index (χ0) is 17.8. The van der Waals surface area contributed by atoms with E-state index < -0.39 is 0 Å². The Morgan fingerprint density at radius 3 is 2.35 bits per heavy atom. The van der Waals surface area contributed by atoms with Gasteiger partial charge in [-0.2, -0.15) is 0 Å². The number of para-hydroxylation sites is 1. The average Bonchev–Trinajstić information content (AvgIpc) is 2.66. The summed E-state index contributed by atoms with van der Waals surface area (Å²) >= 11 is 0. The second-order valence-electron chi connectivity index (χ2n) is 7.32. The molecule has 2 aliphatic rings. The molecule has 1 aromatic heterocycles. The van der Waals surface area contributed by atoms with Gasteiger partial charge in [0.1, 0.15) is 5.82 Å². The number of carbonyl (C=O) groups is 1. The first-order chi connectivity index (χ1) is 12.8. The number of aromatic nitrogens is 2. The van der Waals surface area contributed by atoms with E-state index in [0.29, 0.717) is 18.3 Å². The molecule has 136 valence electrons. The van der Waals surface area contributed by atoms with Crippen LogP contribution in [0.3, 0.4) is 0 Å². The zero-order valence-corrected chi connectivity index (χ0v) is 15.1. The van der Waals surface area contributed by atoms with Crippen LogP contribution in [0.25, 0.3) is 0 Å². The highest BCUT2D eigenvalue weighted by Crippen LogP contribution is 2.31. The average molecular weight is 350 g/mol. The van der Waals surface area contributed by atoms with Gasteiger partial charge in [0.05, 0.1) is 12.6 Å². The highest BCUT2D eigenvalue weighted by Gasteiger charge is 2.30. The Morgan fingerprint density at radius 2 is 1.73 bits per heavy atom. The largest absolute Gasteiger partial charge is 0.306 e.